The first-order valence-electron chi connectivity index (χ1n) is 10.4. The number of imide groups is 1. The lowest BCUT2D eigenvalue weighted by Gasteiger charge is -2.19. The van der Waals surface area contributed by atoms with Crippen LogP contribution in [0.3, 0.4) is 0 Å². The van der Waals surface area contributed by atoms with E-state index in [1.165, 1.54) is 32.2 Å². The van der Waals surface area contributed by atoms with Crippen molar-refractivity contribution in [1.29, 1.82) is 0 Å². The van der Waals surface area contributed by atoms with Crippen LogP contribution in [0.15, 0.2) is 41.3 Å². The van der Waals surface area contributed by atoms with Crippen molar-refractivity contribution < 1.29 is 38.5 Å². The molecule has 184 valence electrons. The van der Waals surface area contributed by atoms with Gasteiger partial charge >= 0.3 is 11.9 Å². The highest BCUT2D eigenvalue weighted by Gasteiger charge is 2.41. The van der Waals surface area contributed by atoms with Gasteiger partial charge in [0, 0.05) is 0 Å². The number of esters is 1. The largest absolute Gasteiger partial charge is 0.493 e. The lowest BCUT2D eigenvalue weighted by molar-refractivity contribution is -0.150. The average molecular weight is 520 g/mol. The van der Waals surface area contributed by atoms with E-state index < -0.39 is 29.1 Å². The number of carbonyl (C=O) groups is 4. The lowest BCUT2D eigenvalue weighted by atomic mass is 10.1. The zero-order valence-electron chi connectivity index (χ0n) is 19.1. The van der Waals surface area contributed by atoms with Gasteiger partial charge in [0.2, 0.25) is 0 Å². The number of amides is 2. The van der Waals surface area contributed by atoms with Gasteiger partial charge in [0.1, 0.15) is 12.6 Å². The van der Waals surface area contributed by atoms with Crippen LogP contribution in [0.1, 0.15) is 35.3 Å². The van der Waals surface area contributed by atoms with Crippen LogP contribution < -0.4 is 9.47 Å². The summed E-state index contributed by atoms with van der Waals surface area (Å²) < 4.78 is 16.1. The molecule has 2 aromatic carbocycles. The molecule has 11 heteroatoms. The SMILES string of the molecule is CCOC(=O)[C@H](C)N1C(=O)S/C(=C/c2cc(Cl)c(OCc3ccc(C(=O)O)cc3)c(OC)c2)C1=O. The molecular formula is C24H22ClNO8S. The Morgan fingerprint density at radius 1 is 1.20 bits per heavy atom. The van der Waals surface area contributed by atoms with Gasteiger partial charge in [0.15, 0.2) is 11.5 Å². The van der Waals surface area contributed by atoms with E-state index in [4.69, 9.17) is 30.9 Å². The van der Waals surface area contributed by atoms with Gasteiger partial charge < -0.3 is 19.3 Å². The number of carbonyl (C=O) groups excluding carboxylic acids is 3. The average Bonchev–Trinajstić information content (AvgIpc) is 3.10. The molecule has 0 saturated carbocycles. The van der Waals surface area contributed by atoms with Crippen molar-refractivity contribution in [3.05, 3.63) is 63.0 Å². The van der Waals surface area contributed by atoms with Crippen molar-refractivity contribution in [2.24, 2.45) is 0 Å². The van der Waals surface area contributed by atoms with Crippen LogP contribution >= 0.6 is 23.4 Å². The second-order valence-electron chi connectivity index (χ2n) is 7.30. The van der Waals surface area contributed by atoms with Gasteiger partial charge in [-0.3, -0.25) is 14.5 Å². The summed E-state index contributed by atoms with van der Waals surface area (Å²) in [5.74, 6) is -1.74. The molecule has 1 atom stereocenters. The summed E-state index contributed by atoms with van der Waals surface area (Å²) in [5.41, 5.74) is 1.37. The number of carboxylic acids is 1. The van der Waals surface area contributed by atoms with Crippen molar-refractivity contribution in [2.45, 2.75) is 26.5 Å². The molecule has 1 N–H and O–H groups in total. The Balaban J connectivity index is 1.79. The maximum atomic E-state index is 12.8. The summed E-state index contributed by atoms with van der Waals surface area (Å²) in [7, 11) is 1.43. The number of benzene rings is 2. The normalized spacial score (nSPS) is 15.3. The van der Waals surface area contributed by atoms with E-state index in [-0.39, 0.29) is 34.5 Å². The first-order valence-corrected chi connectivity index (χ1v) is 11.6. The lowest BCUT2D eigenvalue weighted by Crippen LogP contribution is -2.42. The van der Waals surface area contributed by atoms with E-state index in [0.717, 1.165) is 10.5 Å². The predicted octanol–water partition coefficient (Wildman–Crippen LogP) is 4.61. The maximum Gasteiger partial charge on any atom is 0.335 e. The van der Waals surface area contributed by atoms with Gasteiger partial charge in [0.25, 0.3) is 11.1 Å². The first-order chi connectivity index (χ1) is 16.7. The van der Waals surface area contributed by atoms with E-state index in [2.05, 4.69) is 0 Å². The fourth-order valence-corrected chi connectivity index (χ4v) is 4.38. The number of hydrogen-bond donors (Lipinski definition) is 1. The summed E-state index contributed by atoms with van der Waals surface area (Å²) in [6.07, 6.45) is 1.48. The summed E-state index contributed by atoms with van der Waals surface area (Å²) in [4.78, 5) is 49.1. The summed E-state index contributed by atoms with van der Waals surface area (Å²) in [6, 6.07) is 8.30. The van der Waals surface area contributed by atoms with Gasteiger partial charge in [0.05, 0.1) is 29.2 Å². The number of ether oxygens (including phenoxy) is 3. The summed E-state index contributed by atoms with van der Waals surface area (Å²) >= 11 is 7.12. The fourth-order valence-electron chi connectivity index (χ4n) is 3.20. The van der Waals surface area contributed by atoms with E-state index in [0.29, 0.717) is 23.1 Å². The fraction of sp³-hybridized carbons (Fsp3) is 0.250. The molecule has 2 amide bonds. The third kappa shape index (κ3) is 5.95. The smallest absolute Gasteiger partial charge is 0.335 e. The van der Waals surface area contributed by atoms with Crippen molar-refractivity contribution in [1.82, 2.24) is 4.90 Å². The first kappa shape index (κ1) is 26.1. The number of nitrogens with zero attached hydrogens (tertiary/aromatic N) is 1. The molecule has 3 rings (SSSR count). The molecule has 1 aliphatic rings. The van der Waals surface area contributed by atoms with Crippen LogP contribution in [-0.4, -0.2) is 52.8 Å². The highest BCUT2D eigenvalue weighted by Crippen LogP contribution is 2.39. The standard InChI is InChI=1S/C24H22ClNO8S/c1-4-33-23(30)13(2)26-21(27)19(35-24(26)31)11-15-9-17(25)20(18(10-15)32-3)34-12-14-5-7-16(8-6-14)22(28)29/h5-11,13H,4,12H2,1-3H3,(H,28,29)/b19-11+/t13-/m0/s1. The second-order valence-corrected chi connectivity index (χ2v) is 8.70. The summed E-state index contributed by atoms with van der Waals surface area (Å²) in [5, 5.41) is 8.63. The molecule has 0 spiro atoms. The zero-order valence-corrected chi connectivity index (χ0v) is 20.6. The minimum absolute atomic E-state index is 0.111. The Labute approximate surface area is 210 Å². The van der Waals surface area contributed by atoms with Crippen LogP contribution in [-0.2, 0) is 20.9 Å². The zero-order chi connectivity index (χ0) is 25.7. The van der Waals surface area contributed by atoms with Crippen molar-refractivity contribution in [3.63, 3.8) is 0 Å². The number of thioether (sulfide) groups is 1. The third-order valence-corrected chi connectivity index (χ3v) is 6.14. The van der Waals surface area contributed by atoms with Crippen LogP contribution in [0, 0.1) is 0 Å². The molecule has 0 bridgehead atoms. The van der Waals surface area contributed by atoms with Crippen molar-refractivity contribution >= 4 is 52.5 Å². The molecule has 0 aromatic heterocycles. The second kappa shape index (κ2) is 11.3. The van der Waals surface area contributed by atoms with Crippen LogP contribution in [0.2, 0.25) is 5.02 Å². The maximum absolute atomic E-state index is 12.8. The highest BCUT2D eigenvalue weighted by atomic mass is 35.5. The Morgan fingerprint density at radius 2 is 1.89 bits per heavy atom. The van der Waals surface area contributed by atoms with Crippen LogP contribution in [0.4, 0.5) is 4.79 Å². The molecule has 2 aromatic rings. The highest BCUT2D eigenvalue weighted by molar-refractivity contribution is 8.18. The van der Waals surface area contributed by atoms with Crippen molar-refractivity contribution in [2.75, 3.05) is 13.7 Å². The molecule has 9 nitrogen and oxygen atoms in total. The number of methoxy groups -OCH3 is 1. The molecule has 1 heterocycles. The van der Waals surface area contributed by atoms with Crippen LogP contribution in [0.25, 0.3) is 6.08 Å². The van der Waals surface area contributed by atoms with Crippen LogP contribution in [0.5, 0.6) is 11.5 Å². The van der Waals surface area contributed by atoms with E-state index in [1.807, 2.05) is 0 Å². The van der Waals surface area contributed by atoms with E-state index in [1.54, 1.807) is 31.2 Å². The van der Waals surface area contributed by atoms with Gasteiger partial charge in [-0.1, -0.05) is 23.7 Å². The number of aromatic carboxylic acids is 1. The Morgan fingerprint density at radius 3 is 2.49 bits per heavy atom. The number of carboxylic acid groups (broad SMARTS) is 1. The molecule has 0 aliphatic carbocycles. The van der Waals surface area contributed by atoms with Crippen molar-refractivity contribution in [3.8, 4) is 11.5 Å². The topological polar surface area (TPSA) is 119 Å². The third-order valence-electron chi connectivity index (χ3n) is 4.97. The number of halogens is 1. The monoisotopic (exact) mass is 519 g/mol. The molecular weight excluding hydrogens is 498 g/mol. The summed E-state index contributed by atoms with van der Waals surface area (Å²) in [6.45, 7) is 3.31. The molecule has 1 saturated heterocycles. The quantitative estimate of drug-likeness (QED) is 0.374. The predicted molar refractivity (Wildman–Crippen MR) is 130 cm³/mol. The Hall–Kier alpha value is -3.50. The Bertz CT molecular complexity index is 1190. The van der Waals surface area contributed by atoms with E-state index in [9.17, 15) is 19.2 Å². The van der Waals surface area contributed by atoms with Gasteiger partial charge in [-0.05, 0) is 67.1 Å². The molecule has 35 heavy (non-hydrogen) atoms. The Kier molecular flexibility index (Phi) is 8.42. The molecule has 1 aliphatic heterocycles. The van der Waals surface area contributed by atoms with Gasteiger partial charge in [-0.2, -0.15) is 0 Å². The molecule has 0 radical (unpaired) electrons. The van der Waals surface area contributed by atoms with E-state index >= 15 is 0 Å². The number of rotatable bonds is 9. The minimum atomic E-state index is -1.05. The van der Waals surface area contributed by atoms with Gasteiger partial charge in [-0.15, -0.1) is 0 Å². The molecule has 0 unspecified atom stereocenters. The number of hydrogen-bond acceptors (Lipinski definition) is 8. The van der Waals surface area contributed by atoms with Gasteiger partial charge in [-0.25, -0.2) is 9.59 Å². The molecule has 1 fully saturated rings. The minimum Gasteiger partial charge on any atom is -0.493 e.